The van der Waals surface area contributed by atoms with Gasteiger partial charge in [0, 0.05) is 6.61 Å². The normalized spacial score (nSPS) is 11.2. The first kappa shape index (κ1) is 14.8. The predicted octanol–water partition coefficient (Wildman–Crippen LogP) is 3.47. The highest BCUT2D eigenvalue weighted by atomic mass is 16.5. The molecule has 0 aliphatic carbocycles. The Morgan fingerprint density at radius 3 is 1.88 bits per heavy atom. The molecule has 2 nitrogen and oxygen atoms in total. The zero-order valence-electron chi connectivity index (χ0n) is 10.5. The minimum Gasteiger partial charge on any atom is -0.371 e. The molecule has 0 saturated carbocycles. The Hall–Kier alpha value is -1.15. The standard InChI is InChI=1S/C8H16O2.C6H6/c1-4-5-6-10-8(3)7(2)9;1-2-4-6-5-3-1/h8H,4-6H2,1-3H3;1-6H. The van der Waals surface area contributed by atoms with Crippen molar-refractivity contribution in [2.24, 2.45) is 0 Å². The van der Waals surface area contributed by atoms with Gasteiger partial charge in [0.05, 0.1) is 0 Å². The molecular weight excluding hydrogens is 200 g/mol. The molecule has 0 saturated heterocycles. The highest BCUT2D eigenvalue weighted by Crippen LogP contribution is 1.95. The van der Waals surface area contributed by atoms with Gasteiger partial charge in [-0.2, -0.15) is 0 Å². The van der Waals surface area contributed by atoms with Crippen LogP contribution in [-0.4, -0.2) is 18.5 Å². The Morgan fingerprint density at radius 1 is 1.12 bits per heavy atom. The van der Waals surface area contributed by atoms with Crippen molar-refractivity contribution in [2.45, 2.75) is 39.7 Å². The third kappa shape index (κ3) is 9.41. The number of hydrogen-bond donors (Lipinski definition) is 0. The van der Waals surface area contributed by atoms with Crippen molar-refractivity contribution in [3.63, 3.8) is 0 Å². The van der Waals surface area contributed by atoms with Gasteiger partial charge in [-0.1, -0.05) is 49.7 Å². The third-order valence-corrected chi connectivity index (χ3v) is 2.10. The molecule has 0 N–H and O–H groups in total. The summed E-state index contributed by atoms with van der Waals surface area (Å²) in [5, 5.41) is 0. The number of rotatable bonds is 5. The molecule has 0 aliphatic heterocycles. The van der Waals surface area contributed by atoms with E-state index in [4.69, 9.17) is 4.74 Å². The van der Waals surface area contributed by atoms with Crippen LogP contribution >= 0.6 is 0 Å². The zero-order chi connectivity index (χ0) is 12.2. The van der Waals surface area contributed by atoms with E-state index in [-0.39, 0.29) is 11.9 Å². The minimum atomic E-state index is -0.216. The second-order valence-corrected chi connectivity index (χ2v) is 3.63. The molecule has 1 atom stereocenters. The van der Waals surface area contributed by atoms with Gasteiger partial charge in [0.1, 0.15) is 6.10 Å². The van der Waals surface area contributed by atoms with Crippen LogP contribution in [0.15, 0.2) is 36.4 Å². The maximum atomic E-state index is 10.6. The molecule has 1 aromatic carbocycles. The number of benzene rings is 1. The monoisotopic (exact) mass is 222 g/mol. The van der Waals surface area contributed by atoms with Gasteiger partial charge in [-0.15, -0.1) is 0 Å². The van der Waals surface area contributed by atoms with Crippen molar-refractivity contribution >= 4 is 5.78 Å². The summed E-state index contributed by atoms with van der Waals surface area (Å²) < 4.78 is 5.19. The van der Waals surface area contributed by atoms with Crippen LogP contribution in [0.25, 0.3) is 0 Å². The maximum absolute atomic E-state index is 10.6. The first-order valence-electron chi connectivity index (χ1n) is 5.80. The molecule has 0 fully saturated rings. The lowest BCUT2D eigenvalue weighted by molar-refractivity contribution is -0.127. The topological polar surface area (TPSA) is 26.3 Å². The summed E-state index contributed by atoms with van der Waals surface area (Å²) in [6.07, 6.45) is 1.94. The van der Waals surface area contributed by atoms with Gasteiger partial charge in [-0.25, -0.2) is 0 Å². The molecule has 0 aromatic heterocycles. The average Bonchev–Trinajstić information content (AvgIpc) is 2.32. The zero-order valence-corrected chi connectivity index (χ0v) is 10.5. The van der Waals surface area contributed by atoms with E-state index in [2.05, 4.69) is 6.92 Å². The second-order valence-electron chi connectivity index (χ2n) is 3.63. The summed E-state index contributed by atoms with van der Waals surface area (Å²) in [4.78, 5) is 10.6. The van der Waals surface area contributed by atoms with Gasteiger partial charge in [0.2, 0.25) is 0 Å². The summed E-state index contributed by atoms with van der Waals surface area (Å²) >= 11 is 0. The molecule has 0 amide bonds. The summed E-state index contributed by atoms with van der Waals surface area (Å²) in [5.41, 5.74) is 0. The highest BCUT2D eigenvalue weighted by molar-refractivity contribution is 5.79. The van der Waals surface area contributed by atoms with Crippen LogP contribution in [0, 0.1) is 0 Å². The van der Waals surface area contributed by atoms with Crippen LogP contribution in [0.1, 0.15) is 33.6 Å². The van der Waals surface area contributed by atoms with Gasteiger partial charge >= 0.3 is 0 Å². The van der Waals surface area contributed by atoms with E-state index in [0.29, 0.717) is 6.61 Å². The highest BCUT2D eigenvalue weighted by Gasteiger charge is 2.05. The maximum Gasteiger partial charge on any atom is 0.158 e. The van der Waals surface area contributed by atoms with Crippen LogP contribution in [0.3, 0.4) is 0 Å². The average molecular weight is 222 g/mol. The van der Waals surface area contributed by atoms with E-state index in [9.17, 15) is 4.79 Å². The van der Waals surface area contributed by atoms with E-state index < -0.39 is 0 Å². The molecule has 1 aromatic rings. The lowest BCUT2D eigenvalue weighted by atomic mass is 10.3. The molecule has 16 heavy (non-hydrogen) atoms. The molecule has 0 spiro atoms. The van der Waals surface area contributed by atoms with E-state index in [0.717, 1.165) is 12.8 Å². The fraction of sp³-hybridized carbons (Fsp3) is 0.500. The Bertz CT molecular complexity index is 230. The van der Waals surface area contributed by atoms with Crippen molar-refractivity contribution < 1.29 is 9.53 Å². The van der Waals surface area contributed by atoms with Gasteiger partial charge in [-0.05, 0) is 20.3 Å². The molecule has 0 radical (unpaired) electrons. The lowest BCUT2D eigenvalue weighted by Crippen LogP contribution is -2.17. The molecule has 1 unspecified atom stereocenters. The molecule has 0 aliphatic rings. The molecule has 0 bridgehead atoms. The van der Waals surface area contributed by atoms with Crippen LogP contribution in [0.2, 0.25) is 0 Å². The number of carbonyl (C=O) groups is 1. The van der Waals surface area contributed by atoms with Gasteiger partial charge < -0.3 is 4.74 Å². The summed E-state index contributed by atoms with van der Waals surface area (Å²) in [6.45, 7) is 6.15. The van der Waals surface area contributed by atoms with Crippen LogP contribution in [0.5, 0.6) is 0 Å². The lowest BCUT2D eigenvalue weighted by Gasteiger charge is -2.07. The summed E-state index contributed by atoms with van der Waals surface area (Å²) in [5.74, 6) is 0.108. The second kappa shape index (κ2) is 10.4. The minimum absolute atomic E-state index is 0.108. The first-order chi connectivity index (χ1) is 7.68. The summed E-state index contributed by atoms with van der Waals surface area (Å²) in [6, 6.07) is 12.0. The predicted molar refractivity (Wildman–Crippen MR) is 67.4 cm³/mol. The van der Waals surface area contributed by atoms with E-state index in [1.165, 1.54) is 0 Å². The largest absolute Gasteiger partial charge is 0.371 e. The van der Waals surface area contributed by atoms with Gasteiger partial charge in [0.15, 0.2) is 5.78 Å². The van der Waals surface area contributed by atoms with Crippen molar-refractivity contribution in [3.05, 3.63) is 36.4 Å². The molecular formula is C14H22O2. The number of hydrogen-bond acceptors (Lipinski definition) is 2. The number of ketones is 1. The third-order valence-electron chi connectivity index (χ3n) is 2.10. The summed E-state index contributed by atoms with van der Waals surface area (Å²) in [7, 11) is 0. The molecule has 2 heteroatoms. The van der Waals surface area contributed by atoms with Crippen LogP contribution in [-0.2, 0) is 9.53 Å². The smallest absolute Gasteiger partial charge is 0.158 e. The number of unbranched alkanes of at least 4 members (excludes halogenated alkanes) is 1. The van der Waals surface area contributed by atoms with E-state index in [1.807, 2.05) is 36.4 Å². The SMILES string of the molecule is CCCCOC(C)C(C)=O.c1ccccc1. The number of Topliss-reactive ketones (excluding diaryl/α,β-unsaturated/α-hetero) is 1. The van der Waals surface area contributed by atoms with Crippen molar-refractivity contribution in [1.29, 1.82) is 0 Å². The molecule has 90 valence electrons. The van der Waals surface area contributed by atoms with Gasteiger partial charge in [0.25, 0.3) is 0 Å². The molecule has 1 rings (SSSR count). The van der Waals surface area contributed by atoms with Crippen LogP contribution < -0.4 is 0 Å². The fourth-order valence-corrected chi connectivity index (χ4v) is 0.907. The van der Waals surface area contributed by atoms with Gasteiger partial charge in [-0.3, -0.25) is 4.79 Å². The Morgan fingerprint density at radius 2 is 1.56 bits per heavy atom. The first-order valence-corrected chi connectivity index (χ1v) is 5.80. The Balaban J connectivity index is 0.000000315. The Labute approximate surface area is 98.6 Å². The van der Waals surface area contributed by atoms with Crippen molar-refractivity contribution in [2.75, 3.05) is 6.61 Å². The molecule has 0 heterocycles. The number of carbonyl (C=O) groups excluding carboxylic acids is 1. The number of ether oxygens (including phenoxy) is 1. The van der Waals surface area contributed by atoms with E-state index >= 15 is 0 Å². The van der Waals surface area contributed by atoms with Crippen molar-refractivity contribution in [3.8, 4) is 0 Å². The van der Waals surface area contributed by atoms with Crippen LogP contribution in [0.4, 0.5) is 0 Å². The van der Waals surface area contributed by atoms with Crippen molar-refractivity contribution in [1.82, 2.24) is 0 Å². The van der Waals surface area contributed by atoms with E-state index in [1.54, 1.807) is 13.8 Å². The quantitative estimate of drug-likeness (QED) is 0.713. The fourth-order valence-electron chi connectivity index (χ4n) is 0.907. The Kier molecular flexibility index (Phi) is 9.63.